The molecule has 0 aromatic heterocycles. The molecular formula is C13H17Cl2O6P. The summed E-state index contributed by atoms with van der Waals surface area (Å²) < 4.78 is 21.2. The van der Waals surface area contributed by atoms with Crippen molar-refractivity contribution in [3.05, 3.63) is 29.3 Å². The average Bonchev–Trinajstić information content (AvgIpc) is 2.44. The van der Waals surface area contributed by atoms with E-state index < -0.39 is 25.0 Å². The maximum Gasteiger partial charge on any atom is 0.365 e. The molecule has 2 atom stereocenters. The van der Waals surface area contributed by atoms with E-state index in [1.165, 1.54) is 12.1 Å². The van der Waals surface area contributed by atoms with Crippen LogP contribution in [-0.4, -0.2) is 27.2 Å². The summed E-state index contributed by atoms with van der Waals surface area (Å²) >= 11 is 11.5. The van der Waals surface area contributed by atoms with Crippen molar-refractivity contribution in [2.75, 3.05) is 0 Å². The molecule has 0 aliphatic rings. The highest BCUT2D eigenvalue weighted by molar-refractivity contribution is 7.52. The highest BCUT2D eigenvalue weighted by Gasteiger charge is 2.34. The van der Waals surface area contributed by atoms with Crippen LogP contribution in [0.1, 0.15) is 26.2 Å². The van der Waals surface area contributed by atoms with E-state index >= 15 is 0 Å². The predicted octanol–water partition coefficient (Wildman–Crippen LogP) is 3.52. The van der Waals surface area contributed by atoms with Crippen molar-refractivity contribution in [2.24, 2.45) is 0 Å². The van der Waals surface area contributed by atoms with Crippen molar-refractivity contribution >= 4 is 36.8 Å². The van der Waals surface area contributed by atoms with Gasteiger partial charge in [-0.1, -0.05) is 36.5 Å². The number of esters is 1. The van der Waals surface area contributed by atoms with E-state index in [-0.39, 0.29) is 12.2 Å². The Morgan fingerprint density at radius 3 is 2.41 bits per heavy atom. The Morgan fingerprint density at radius 1 is 1.32 bits per heavy atom. The van der Waals surface area contributed by atoms with Gasteiger partial charge in [0, 0.05) is 5.02 Å². The molecule has 0 fully saturated rings. The molecule has 0 aliphatic carbocycles. The van der Waals surface area contributed by atoms with Gasteiger partial charge in [-0.15, -0.1) is 0 Å². The molecule has 0 amide bonds. The summed E-state index contributed by atoms with van der Waals surface area (Å²) in [7, 11) is -4.56. The molecule has 2 unspecified atom stereocenters. The summed E-state index contributed by atoms with van der Waals surface area (Å²) in [4.78, 5) is 30.2. The molecule has 0 aliphatic heterocycles. The molecule has 0 saturated carbocycles. The number of halogens is 2. The summed E-state index contributed by atoms with van der Waals surface area (Å²) in [5, 5.41) is 0.488. The zero-order valence-electron chi connectivity index (χ0n) is 11.8. The van der Waals surface area contributed by atoms with Gasteiger partial charge >= 0.3 is 13.6 Å². The second kappa shape index (κ2) is 8.75. The molecule has 124 valence electrons. The van der Waals surface area contributed by atoms with Crippen molar-refractivity contribution in [3.8, 4) is 5.75 Å². The van der Waals surface area contributed by atoms with Gasteiger partial charge in [0.05, 0.1) is 0 Å². The molecule has 1 aromatic carbocycles. The summed E-state index contributed by atoms with van der Waals surface area (Å²) in [6, 6.07) is 6.10. The molecule has 0 radical (unpaired) electrons. The van der Waals surface area contributed by atoms with Crippen LogP contribution in [0.15, 0.2) is 24.3 Å². The molecule has 22 heavy (non-hydrogen) atoms. The normalized spacial score (nSPS) is 14.2. The van der Waals surface area contributed by atoms with Gasteiger partial charge in [0.2, 0.25) is 5.85 Å². The van der Waals surface area contributed by atoms with Crippen LogP contribution in [0.3, 0.4) is 0 Å². The number of alkyl halides is 1. The first-order valence-electron chi connectivity index (χ1n) is 6.56. The Morgan fingerprint density at radius 2 is 1.91 bits per heavy atom. The van der Waals surface area contributed by atoms with Crippen molar-refractivity contribution < 1.29 is 28.6 Å². The van der Waals surface area contributed by atoms with Gasteiger partial charge in [-0.25, -0.2) is 4.79 Å². The third-order valence-electron chi connectivity index (χ3n) is 2.67. The lowest BCUT2D eigenvalue weighted by Crippen LogP contribution is -2.28. The lowest BCUT2D eigenvalue weighted by molar-refractivity contribution is -0.151. The highest BCUT2D eigenvalue weighted by atomic mass is 35.5. The third kappa shape index (κ3) is 6.55. The summed E-state index contributed by atoms with van der Waals surface area (Å²) in [5.41, 5.74) is -1.52. The first kappa shape index (κ1) is 19.3. The highest BCUT2D eigenvalue weighted by Crippen LogP contribution is 2.44. The second-order valence-electron chi connectivity index (χ2n) is 4.51. The van der Waals surface area contributed by atoms with E-state index in [0.29, 0.717) is 17.9 Å². The number of carbonyl (C=O) groups is 1. The summed E-state index contributed by atoms with van der Waals surface area (Å²) in [6.07, 6.45) is 1.27. The summed E-state index contributed by atoms with van der Waals surface area (Å²) in [5.74, 6) is -2.29. The van der Waals surface area contributed by atoms with Crippen LogP contribution < -0.4 is 4.74 Å². The lowest BCUT2D eigenvalue weighted by Gasteiger charge is -2.20. The number of carbonyl (C=O) groups excluding carboxylic acids is 1. The maximum absolute atomic E-state index is 11.8. The van der Waals surface area contributed by atoms with Gasteiger partial charge in [0.15, 0.2) is 0 Å². The van der Waals surface area contributed by atoms with Crippen LogP contribution in [0.25, 0.3) is 0 Å². The minimum absolute atomic E-state index is 0.0527. The van der Waals surface area contributed by atoms with Gasteiger partial charge < -0.3 is 19.3 Å². The second-order valence-corrected chi connectivity index (χ2v) is 7.10. The fourth-order valence-corrected chi connectivity index (χ4v) is 2.58. The number of ether oxygens (including phenoxy) is 2. The van der Waals surface area contributed by atoms with Gasteiger partial charge in [0.25, 0.3) is 5.56 Å². The van der Waals surface area contributed by atoms with E-state index in [2.05, 4.69) is 0 Å². The van der Waals surface area contributed by atoms with E-state index in [0.717, 1.165) is 0 Å². The van der Waals surface area contributed by atoms with E-state index in [1.807, 2.05) is 6.92 Å². The molecule has 0 spiro atoms. The molecule has 6 nitrogen and oxygen atoms in total. The van der Waals surface area contributed by atoms with Crippen LogP contribution in [-0.2, 0) is 14.1 Å². The molecular weight excluding hydrogens is 354 g/mol. The van der Waals surface area contributed by atoms with E-state index in [4.69, 9.17) is 32.7 Å². The molecule has 0 bridgehead atoms. The van der Waals surface area contributed by atoms with Crippen LogP contribution >= 0.6 is 30.8 Å². The van der Waals surface area contributed by atoms with Gasteiger partial charge in [-0.2, -0.15) is 0 Å². The topological polar surface area (TPSA) is 93.1 Å². The number of rotatable bonds is 8. The first-order chi connectivity index (χ1) is 10.2. The van der Waals surface area contributed by atoms with E-state index in [9.17, 15) is 19.1 Å². The Balaban J connectivity index is 2.64. The molecule has 9 heteroatoms. The predicted molar refractivity (Wildman–Crippen MR) is 83.2 cm³/mol. The van der Waals surface area contributed by atoms with Crippen LogP contribution in [0.4, 0.5) is 0 Å². The molecule has 2 N–H and O–H groups in total. The van der Waals surface area contributed by atoms with E-state index in [1.54, 1.807) is 12.1 Å². The Kier molecular flexibility index (Phi) is 7.66. The Labute approximate surface area is 138 Å². The van der Waals surface area contributed by atoms with Crippen molar-refractivity contribution in [1.82, 2.24) is 0 Å². The summed E-state index contributed by atoms with van der Waals surface area (Å²) in [6.45, 7) is 1.85. The molecule has 1 aromatic rings. The van der Waals surface area contributed by atoms with Crippen LogP contribution in [0, 0.1) is 0 Å². The fourth-order valence-electron chi connectivity index (χ4n) is 1.54. The minimum atomic E-state index is -4.56. The van der Waals surface area contributed by atoms with Crippen molar-refractivity contribution in [2.45, 2.75) is 37.6 Å². The number of unbranched alkanes of at least 4 members (excludes halogenated alkanes) is 1. The maximum atomic E-state index is 11.8. The number of hydrogen-bond acceptors (Lipinski definition) is 4. The Hall–Kier alpha value is -0.780. The smallest absolute Gasteiger partial charge is 0.365 e. The fraction of sp³-hybridized carbons (Fsp3) is 0.462. The first-order valence-corrected chi connectivity index (χ1v) is 9.05. The number of hydrogen-bond donors (Lipinski definition) is 2. The van der Waals surface area contributed by atoms with Gasteiger partial charge in [-0.3, -0.25) is 4.57 Å². The Bertz CT molecular complexity index is 530. The monoisotopic (exact) mass is 370 g/mol. The van der Waals surface area contributed by atoms with Gasteiger partial charge in [-0.05, 0) is 37.1 Å². The molecule has 1 rings (SSSR count). The average molecular weight is 371 g/mol. The zero-order chi connectivity index (χ0) is 16.8. The standard InChI is InChI=1S/C13H17Cl2O6P/c1-2-3-4-11(22(17,18)19)21-13(16)12(15)20-10-7-5-9(14)6-8-10/h5-8,11-12H,2-4H2,1H3,(H2,17,18,19). The third-order valence-corrected chi connectivity index (χ3v) is 4.30. The SMILES string of the molecule is CCCCC(OC(=O)C(Cl)Oc1ccc(Cl)cc1)P(=O)(O)O. The van der Waals surface area contributed by atoms with Crippen LogP contribution in [0.2, 0.25) is 5.02 Å². The molecule has 0 heterocycles. The molecule has 0 saturated heterocycles. The van der Waals surface area contributed by atoms with Crippen LogP contribution in [0.5, 0.6) is 5.75 Å². The van der Waals surface area contributed by atoms with Crippen molar-refractivity contribution in [3.63, 3.8) is 0 Å². The minimum Gasteiger partial charge on any atom is -0.463 e. The quantitative estimate of drug-likeness (QED) is 0.413. The van der Waals surface area contributed by atoms with Gasteiger partial charge in [0.1, 0.15) is 5.75 Å². The van der Waals surface area contributed by atoms with Crippen molar-refractivity contribution in [1.29, 1.82) is 0 Å². The zero-order valence-corrected chi connectivity index (χ0v) is 14.2. The lowest BCUT2D eigenvalue weighted by atomic mass is 10.3. The number of benzene rings is 1. The largest absolute Gasteiger partial charge is 0.463 e.